The quantitative estimate of drug-likeness (QED) is 0.441. The van der Waals surface area contributed by atoms with E-state index >= 15 is 0 Å². The summed E-state index contributed by atoms with van der Waals surface area (Å²) in [6.07, 6.45) is 0. The van der Waals surface area contributed by atoms with Crippen molar-refractivity contribution in [3.05, 3.63) is 50.3 Å². The third kappa shape index (κ3) is 5.26. The zero-order valence-electron chi connectivity index (χ0n) is 15.2. The smallest absolute Gasteiger partial charge is 0.350 e. The minimum Gasteiger partial charge on any atom is -0.465 e. The van der Waals surface area contributed by atoms with Gasteiger partial charge in [0.15, 0.2) is 0 Å². The zero-order chi connectivity index (χ0) is 20.4. The van der Waals surface area contributed by atoms with E-state index in [1.165, 1.54) is 24.0 Å². The first-order valence-corrected chi connectivity index (χ1v) is 9.84. The number of thiophene rings is 1. The Kier molecular flexibility index (Phi) is 6.98. The van der Waals surface area contributed by atoms with Gasteiger partial charge >= 0.3 is 5.97 Å². The molecule has 0 aliphatic heterocycles. The molecule has 1 amide bonds. The van der Waals surface area contributed by atoms with Crippen molar-refractivity contribution >= 4 is 63.7 Å². The normalized spacial score (nSPS) is 11.1. The minimum absolute atomic E-state index is 0.0359. The van der Waals surface area contributed by atoms with Gasteiger partial charge in [0.1, 0.15) is 14.4 Å². The molecule has 2 aromatic rings. The summed E-state index contributed by atoms with van der Waals surface area (Å²) in [7, 11) is 1.27. The van der Waals surface area contributed by atoms with Crippen LogP contribution in [-0.4, -0.2) is 19.0 Å². The molecule has 0 aliphatic rings. The van der Waals surface area contributed by atoms with Gasteiger partial charge in [0.2, 0.25) is 0 Å². The summed E-state index contributed by atoms with van der Waals surface area (Å²) in [4.78, 5) is 25.2. The van der Waals surface area contributed by atoms with Crippen LogP contribution in [0.4, 0.5) is 5.69 Å². The molecule has 1 N–H and O–H groups in total. The molecular formula is C19H18Cl3NO3S. The first-order valence-electron chi connectivity index (χ1n) is 7.89. The van der Waals surface area contributed by atoms with Crippen LogP contribution in [0.1, 0.15) is 36.0 Å². The van der Waals surface area contributed by atoms with Gasteiger partial charge in [0.25, 0.3) is 5.91 Å². The highest BCUT2D eigenvalue weighted by atomic mass is 35.5. The van der Waals surface area contributed by atoms with Gasteiger partial charge in [-0.1, -0.05) is 79.8 Å². The molecule has 8 heteroatoms. The van der Waals surface area contributed by atoms with Gasteiger partial charge in [-0.25, -0.2) is 4.79 Å². The van der Waals surface area contributed by atoms with Gasteiger partial charge < -0.3 is 10.1 Å². The van der Waals surface area contributed by atoms with Crippen LogP contribution in [0.2, 0.25) is 0 Å². The van der Waals surface area contributed by atoms with Gasteiger partial charge in [0.05, 0.1) is 12.8 Å². The molecule has 0 spiro atoms. The fourth-order valence-corrected chi connectivity index (χ4v) is 3.52. The Labute approximate surface area is 177 Å². The number of nitrogens with one attached hydrogen (secondary N) is 1. The largest absolute Gasteiger partial charge is 0.465 e. The summed E-state index contributed by atoms with van der Waals surface area (Å²) in [6, 6.07) is 9.71. The van der Waals surface area contributed by atoms with Gasteiger partial charge in [0, 0.05) is 4.88 Å². The number of benzene rings is 1. The maximum atomic E-state index is 12.1. The highest BCUT2D eigenvalue weighted by Crippen LogP contribution is 2.36. The Morgan fingerprint density at radius 1 is 1.07 bits per heavy atom. The molecule has 0 saturated carbocycles. The number of anilines is 1. The summed E-state index contributed by atoms with van der Waals surface area (Å²) in [5.41, 5.74) is 2.42. The molecule has 1 aromatic carbocycles. The van der Waals surface area contributed by atoms with E-state index in [1.54, 1.807) is 6.07 Å². The number of carbonyl (C=O) groups excluding carboxylic acids is 2. The number of halogens is 3. The van der Waals surface area contributed by atoms with Crippen molar-refractivity contribution in [2.24, 2.45) is 0 Å². The van der Waals surface area contributed by atoms with Crippen LogP contribution >= 0.6 is 46.1 Å². The van der Waals surface area contributed by atoms with E-state index in [2.05, 4.69) is 26.1 Å². The Morgan fingerprint density at radius 3 is 2.15 bits per heavy atom. The average molecular weight is 447 g/mol. The Bertz CT molecular complexity index is 892. The van der Waals surface area contributed by atoms with Crippen LogP contribution in [0.3, 0.4) is 0 Å². The predicted molar refractivity (Wildman–Crippen MR) is 113 cm³/mol. The van der Waals surface area contributed by atoms with E-state index in [1.807, 2.05) is 24.3 Å². The van der Waals surface area contributed by atoms with Crippen molar-refractivity contribution in [2.75, 3.05) is 12.4 Å². The number of methoxy groups -OCH3 is 1. The molecule has 0 aliphatic carbocycles. The van der Waals surface area contributed by atoms with E-state index in [9.17, 15) is 9.59 Å². The Morgan fingerprint density at radius 2 is 1.67 bits per heavy atom. The second-order valence-corrected chi connectivity index (χ2v) is 9.08. The van der Waals surface area contributed by atoms with Crippen LogP contribution < -0.4 is 5.32 Å². The first-order chi connectivity index (χ1) is 12.5. The van der Waals surface area contributed by atoms with Crippen LogP contribution in [0.15, 0.2) is 39.9 Å². The van der Waals surface area contributed by atoms with Crippen LogP contribution in [0.25, 0.3) is 10.4 Å². The first kappa shape index (κ1) is 21.8. The number of hydrogen-bond donors (Lipinski definition) is 1. The maximum Gasteiger partial charge on any atom is 0.350 e. The lowest BCUT2D eigenvalue weighted by atomic mass is 9.86. The number of rotatable bonds is 4. The van der Waals surface area contributed by atoms with Gasteiger partial charge in [-0.3, -0.25) is 4.79 Å². The number of ether oxygens (including phenoxy) is 1. The monoisotopic (exact) mass is 445 g/mol. The number of esters is 1. The molecule has 1 aromatic heterocycles. The number of hydrogen-bond acceptors (Lipinski definition) is 4. The third-order valence-corrected chi connectivity index (χ3v) is 5.85. The maximum absolute atomic E-state index is 12.1. The van der Waals surface area contributed by atoms with E-state index in [4.69, 9.17) is 39.5 Å². The zero-order valence-corrected chi connectivity index (χ0v) is 18.2. The van der Waals surface area contributed by atoms with Gasteiger partial charge in [-0.15, -0.1) is 11.3 Å². The van der Waals surface area contributed by atoms with E-state index in [-0.39, 0.29) is 25.5 Å². The minimum atomic E-state index is -0.714. The van der Waals surface area contributed by atoms with Crippen LogP contribution in [0.5, 0.6) is 0 Å². The van der Waals surface area contributed by atoms with Crippen molar-refractivity contribution in [3.63, 3.8) is 0 Å². The van der Waals surface area contributed by atoms with E-state index < -0.39 is 11.9 Å². The lowest BCUT2D eigenvalue weighted by Crippen LogP contribution is -2.14. The summed E-state index contributed by atoms with van der Waals surface area (Å²) >= 11 is 18.0. The molecule has 1 heterocycles. The summed E-state index contributed by atoms with van der Waals surface area (Å²) in [6.45, 7) is 6.40. The molecule has 0 atom stereocenters. The fourth-order valence-electron chi connectivity index (χ4n) is 2.27. The number of amides is 1. The Balaban J connectivity index is 2.42. The van der Waals surface area contributed by atoms with Crippen molar-refractivity contribution in [3.8, 4) is 10.4 Å². The second kappa shape index (κ2) is 8.65. The highest BCUT2D eigenvalue weighted by molar-refractivity contribution is 7.18. The van der Waals surface area contributed by atoms with Crippen LogP contribution in [-0.2, 0) is 14.9 Å². The topological polar surface area (TPSA) is 55.4 Å². The summed E-state index contributed by atoms with van der Waals surface area (Å²) in [5, 5.41) is 2.18. The SMILES string of the molecule is COC(=O)c1sc(-c2ccc(C(C)(C)C)cc2)cc1NC(=O)C(Cl)=C(Cl)Cl. The number of carbonyl (C=O) groups is 2. The molecule has 144 valence electrons. The summed E-state index contributed by atoms with van der Waals surface area (Å²) < 4.78 is 4.44. The lowest BCUT2D eigenvalue weighted by molar-refractivity contribution is -0.112. The van der Waals surface area contributed by atoms with Gasteiger partial charge in [-0.2, -0.15) is 0 Å². The molecule has 27 heavy (non-hydrogen) atoms. The molecule has 0 radical (unpaired) electrons. The molecular weight excluding hydrogens is 429 g/mol. The van der Waals surface area contributed by atoms with Crippen LogP contribution in [0, 0.1) is 0 Å². The van der Waals surface area contributed by atoms with Crippen molar-refractivity contribution < 1.29 is 14.3 Å². The highest BCUT2D eigenvalue weighted by Gasteiger charge is 2.21. The summed E-state index contributed by atoms with van der Waals surface area (Å²) in [5.74, 6) is -1.28. The fraction of sp³-hybridized carbons (Fsp3) is 0.263. The second-order valence-electron chi connectivity index (χ2n) is 6.70. The lowest BCUT2D eigenvalue weighted by Gasteiger charge is -2.18. The van der Waals surface area contributed by atoms with E-state index in [0.29, 0.717) is 0 Å². The predicted octanol–water partition coefficient (Wildman–Crippen LogP) is 6.32. The van der Waals surface area contributed by atoms with Crippen molar-refractivity contribution in [1.82, 2.24) is 0 Å². The van der Waals surface area contributed by atoms with Gasteiger partial charge in [-0.05, 0) is 22.6 Å². The third-order valence-electron chi connectivity index (χ3n) is 3.75. The standard InChI is InChI=1S/C19H18Cl3NO3S/c1-19(2,3)11-7-5-10(6-8-11)13-9-12(15(27-13)18(25)26-4)23-17(24)14(20)16(21)22/h5-9H,1-4H3,(H,23,24). The molecule has 0 fully saturated rings. The molecule has 4 nitrogen and oxygen atoms in total. The van der Waals surface area contributed by atoms with Crippen molar-refractivity contribution in [2.45, 2.75) is 26.2 Å². The molecule has 0 saturated heterocycles. The Hall–Kier alpha value is -1.53. The van der Waals surface area contributed by atoms with E-state index in [0.717, 1.165) is 10.4 Å². The average Bonchev–Trinajstić information content (AvgIpc) is 3.03. The molecule has 0 unspecified atom stereocenters. The van der Waals surface area contributed by atoms with Crippen molar-refractivity contribution in [1.29, 1.82) is 0 Å². The molecule has 0 bridgehead atoms. The molecule has 2 rings (SSSR count).